The Labute approximate surface area is 124 Å². The Bertz CT molecular complexity index is 431. The summed E-state index contributed by atoms with van der Waals surface area (Å²) in [6.45, 7) is 5.24. The number of nitrogens with zero attached hydrogens (tertiary/aromatic N) is 2. The van der Waals surface area contributed by atoms with E-state index in [-0.39, 0.29) is 18.5 Å². The SMILES string of the molecule is CC(C)C(CNC(=O)NCCCCn1ccnc1)C(=O)O. The summed E-state index contributed by atoms with van der Waals surface area (Å²) in [7, 11) is 0. The summed E-state index contributed by atoms with van der Waals surface area (Å²) in [5, 5.41) is 14.3. The van der Waals surface area contributed by atoms with Crippen molar-refractivity contribution in [3.8, 4) is 0 Å². The zero-order valence-electron chi connectivity index (χ0n) is 12.6. The van der Waals surface area contributed by atoms with E-state index < -0.39 is 11.9 Å². The van der Waals surface area contributed by atoms with Crippen LogP contribution in [0.4, 0.5) is 4.79 Å². The normalized spacial score (nSPS) is 12.1. The van der Waals surface area contributed by atoms with Gasteiger partial charge in [-0.05, 0) is 18.8 Å². The summed E-state index contributed by atoms with van der Waals surface area (Å²) in [6.07, 6.45) is 7.20. The van der Waals surface area contributed by atoms with Gasteiger partial charge in [0, 0.05) is 32.0 Å². The van der Waals surface area contributed by atoms with Crippen LogP contribution in [0.25, 0.3) is 0 Å². The number of aromatic nitrogens is 2. The van der Waals surface area contributed by atoms with Crippen molar-refractivity contribution in [2.24, 2.45) is 11.8 Å². The maximum absolute atomic E-state index is 11.6. The molecule has 0 radical (unpaired) electrons. The van der Waals surface area contributed by atoms with E-state index in [1.54, 1.807) is 12.5 Å². The van der Waals surface area contributed by atoms with Crippen molar-refractivity contribution < 1.29 is 14.7 Å². The zero-order chi connectivity index (χ0) is 15.7. The molecule has 3 N–H and O–H groups in total. The molecule has 0 aliphatic heterocycles. The van der Waals surface area contributed by atoms with E-state index in [0.717, 1.165) is 19.4 Å². The van der Waals surface area contributed by atoms with Gasteiger partial charge in [0.25, 0.3) is 0 Å². The number of carbonyl (C=O) groups is 2. The molecule has 0 aliphatic rings. The Morgan fingerprint density at radius 2 is 2.05 bits per heavy atom. The van der Waals surface area contributed by atoms with Gasteiger partial charge < -0.3 is 20.3 Å². The van der Waals surface area contributed by atoms with Gasteiger partial charge >= 0.3 is 12.0 Å². The minimum atomic E-state index is -0.884. The van der Waals surface area contributed by atoms with Crippen LogP contribution in [0, 0.1) is 11.8 Å². The molecule has 7 nitrogen and oxygen atoms in total. The number of amides is 2. The quantitative estimate of drug-likeness (QED) is 0.599. The number of hydrogen-bond acceptors (Lipinski definition) is 3. The number of unbranched alkanes of at least 4 members (excludes halogenated alkanes) is 1. The molecule has 1 rings (SSSR count). The second kappa shape index (κ2) is 8.99. The molecule has 1 unspecified atom stereocenters. The number of carboxylic acids is 1. The molecule has 0 saturated heterocycles. The lowest BCUT2D eigenvalue weighted by molar-refractivity contribution is -0.142. The number of hydrogen-bond donors (Lipinski definition) is 3. The summed E-state index contributed by atoms with van der Waals surface area (Å²) in [5.41, 5.74) is 0. The average molecular weight is 296 g/mol. The first kappa shape index (κ1) is 17.0. The molecule has 1 heterocycles. The second-order valence-electron chi connectivity index (χ2n) is 5.33. The van der Waals surface area contributed by atoms with Gasteiger partial charge in [0.15, 0.2) is 0 Å². The molecule has 0 bridgehead atoms. The minimum absolute atomic E-state index is 0.0158. The highest BCUT2D eigenvalue weighted by Gasteiger charge is 2.21. The number of imidazole rings is 1. The maximum Gasteiger partial charge on any atom is 0.314 e. The lowest BCUT2D eigenvalue weighted by atomic mass is 9.96. The number of carbonyl (C=O) groups excluding carboxylic acids is 1. The second-order valence-corrected chi connectivity index (χ2v) is 5.33. The van der Waals surface area contributed by atoms with Gasteiger partial charge in [-0.15, -0.1) is 0 Å². The molecule has 118 valence electrons. The molecular formula is C14H24N4O3. The third-order valence-corrected chi connectivity index (χ3v) is 3.29. The van der Waals surface area contributed by atoms with Crippen LogP contribution in [0.2, 0.25) is 0 Å². The van der Waals surface area contributed by atoms with E-state index in [1.165, 1.54) is 0 Å². The molecule has 0 aromatic carbocycles. The summed E-state index contributed by atoms with van der Waals surface area (Å²) in [6, 6.07) is -0.315. The number of urea groups is 1. The van der Waals surface area contributed by atoms with Crippen molar-refractivity contribution in [3.05, 3.63) is 18.7 Å². The highest BCUT2D eigenvalue weighted by molar-refractivity contribution is 5.75. The van der Waals surface area contributed by atoms with E-state index in [4.69, 9.17) is 5.11 Å². The van der Waals surface area contributed by atoms with E-state index >= 15 is 0 Å². The largest absolute Gasteiger partial charge is 0.481 e. The first-order chi connectivity index (χ1) is 10.0. The van der Waals surface area contributed by atoms with Crippen molar-refractivity contribution in [2.75, 3.05) is 13.1 Å². The molecule has 0 fully saturated rings. The number of aliphatic carboxylic acids is 1. The minimum Gasteiger partial charge on any atom is -0.481 e. The predicted octanol–water partition coefficient (Wildman–Crippen LogP) is 1.32. The van der Waals surface area contributed by atoms with Crippen LogP contribution in [0.5, 0.6) is 0 Å². The van der Waals surface area contributed by atoms with E-state index in [1.807, 2.05) is 24.6 Å². The summed E-state index contributed by atoms with van der Waals surface area (Å²) >= 11 is 0. The number of nitrogens with one attached hydrogen (secondary N) is 2. The summed E-state index contributed by atoms with van der Waals surface area (Å²) < 4.78 is 1.99. The topological polar surface area (TPSA) is 96.3 Å². The Morgan fingerprint density at radius 3 is 2.62 bits per heavy atom. The first-order valence-corrected chi connectivity index (χ1v) is 7.21. The highest BCUT2D eigenvalue weighted by Crippen LogP contribution is 2.09. The van der Waals surface area contributed by atoms with E-state index in [0.29, 0.717) is 6.54 Å². The van der Waals surface area contributed by atoms with Gasteiger partial charge in [-0.1, -0.05) is 13.8 Å². The van der Waals surface area contributed by atoms with Crippen LogP contribution in [-0.2, 0) is 11.3 Å². The Hall–Kier alpha value is -2.05. The van der Waals surface area contributed by atoms with Gasteiger partial charge in [0.2, 0.25) is 0 Å². The summed E-state index contributed by atoms with van der Waals surface area (Å²) in [4.78, 5) is 26.5. The molecule has 0 aliphatic carbocycles. The van der Waals surface area contributed by atoms with Gasteiger partial charge in [-0.3, -0.25) is 4.79 Å². The van der Waals surface area contributed by atoms with Crippen molar-refractivity contribution in [2.45, 2.75) is 33.2 Å². The van der Waals surface area contributed by atoms with Crippen LogP contribution in [0.3, 0.4) is 0 Å². The molecule has 21 heavy (non-hydrogen) atoms. The molecule has 0 saturated carbocycles. The molecule has 1 atom stereocenters. The monoisotopic (exact) mass is 296 g/mol. The lowest BCUT2D eigenvalue weighted by Crippen LogP contribution is -2.41. The molecule has 1 aromatic rings. The highest BCUT2D eigenvalue weighted by atomic mass is 16.4. The zero-order valence-corrected chi connectivity index (χ0v) is 12.6. The fourth-order valence-corrected chi connectivity index (χ4v) is 1.91. The van der Waals surface area contributed by atoms with E-state index in [2.05, 4.69) is 15.6 Å². The van der Waals surface area contributed by atoms with Crippen molar-refractivity contribution in [3.63, 3.8) is 0 Å². The molecular weight excluding hydrogens is 272 g/mol. The van der Waals surface area contributed by atoms with Gasteiger partial charge in [0.1, 0.15) is 0 Å². The van der Waals surface area contributed by atoms with Gasteiger partial charge in [-0.25, -0.2) is 9.78 Å². The Balaban J connectivity index is 2.09. The third-order valence-electron chi connectivity index (χ3n) is 3.29. The third kappa shape index (κ3) is 6.78. The number of aryl methyl sites for hydroxylation is 1. The number of rotatable bonds is 9. The first-order valence-electron chi connectivity index (χ1n) is 7.21. The van der Waals surface area contributed by atoms with Crippen LogP contribution in [-0.4, -0.2) is 39.7 Å². The summed E-state index contributed by atoms with van der Waals surface area (Å²) in [5.74, 6) is -1.46. The van der Waals surface area contributed by atoms with Crippen LogP contribution >= 0.6 is 0 Å². The van der Waals surface area contributed by atoms with Crippen molar-refractivity contribution in [1.82, 2.24) is 20.2 Å². The molecule has 0 spiro atoms. The molecule has 2 amide bonds. The Morgan fingerprint density at radius 1 is 1.29 bits per heavy atom. The maximum atomic E-state index is 11.6. The van der Waals surface area contributed by atoms with Gasteiger partial charge in [0.05, 0.1) is 12.2 Å². The predicted molar refractivity (Wildman–Crippen MR) is 78.8 cm³/mol. The molecule has 7 heteroatoms. The lowest BCUT2D eigenvalue weighted by Gasteiger charge is -2.17. The Kier molecular flexibility index (Phi) is 7.28. The number of carboxylic acid groups (broad SMARTS) is 1. The van der Waals surface area contributed by atoms with E-state index in [9.17, 15) is 9.59 Å². The van der Waals surface area contributed by atoms with Crippen LogP contribution < -0.4 is 10.6 Å². The average Bonchev–Trinajstić information content (AvgIpc) is 2.90. The van der Waals surface area contributed by atoms with Crippen LogP contribution in [0.1, 0.15) is 26.7 Å². The van der Waals surface area contributed by atoms with Crippen molar-refractivity contribution >= 4 is 12.0 Å². The van der Waals surface area contributed by atoms with Crippen molar-refractivity contribution in [1.29, 1.82) is 0 Å². The standard InChI is InChI=1S/C14H24N4O3/c1-11(2)12(13(19)20)9-17-14(21)16-5-3-4-7-18-8-6-15-10-18/h6,8,10-12H,3-5,7,9H2,1-2H3,(H,19,20)(H2,16,17,21). The fourth-order valence-electron chi connectivity index (χ4n) is 1.91. The fraction of sp³-hybridized carbons (Fsp3) is 0.643. The molecule has 1 aromatic heterocycles. The van der Waals surface area contributed by atoms with Crippen LogP contribution in [0.15, 0.2) is 18.7 Å². The van der Waals surface area contributed by atoms with Gasteiger partial charge in [-0.2, -0.15) is 0 Å². The smallest absolute Gasteiger partial charge is 0.314 e.